The molecule has 0 bridgehead atoms. The maximum atomic E-state index is 13.0. The molecule has 0 aromatic heterocycles. The van der Waals surface area contributed by atoms with E-state index < -0.39 is 0 Å². The average Bonchev–Trinajstić information content (AvgIpc) is 2.72. The number of aliphatic hydroxyl groups excluding tert-OH is 1. The van der Waals surface area contributed by atoms with Crippen LogP contribution in [0.2, 0.25) is 5.02 Å². The van der Waals surface area contributed by atoms with Gasteiger partial charge in [0.2, 0.25) is 0 Å². The zero-order valence-electron chi connectivity index (χ0n) is 10.5. The summed E-state index contributed by atoms with van der Waals surface area (Å²) < 4.78 is 13.0. The second-order valence-corrected chi connectivity index (χ2v) is 5.46. The van der Waals surface area contributed by atoms with E-state index in [1.807, 2.05) is 6.92 Å². The van der Waals surface area contributed by atoms with Crippen molar-refractivity contribution in [1.29, 1.82) is 0 Å². The second kappa shape index (κ2) is 6.00. The predicted molar refractivity (Wildman–Crippen MR) is 71.2 cm³/mol. The number of rotatable bonds is 4. The third-order valence-electron chi connectivity index (χ3n) is 3.73. The highest BCUT2D eigenvalue weighted by Gasteiger charge is 2.25. The number of nitrogens with one attached hydrogen (secondary N) is 1. The first-order chi connectivity index (χ1) is 8.58. The van der Waals surface area contributed by atoms with Crippen LogP contribution in [0.4, 0.5) is 4.39 Å². The minimum absolute atomic E-state index is 0.0610. The summed E-state index contributed by atoms with van der Waals surface area (Å²) in [4.78, 5) is 0. The Kier molecular flexibility index (Phi) is 4.60. The maximum Gasteiger partial charge on any atom is 0.124 e. The Morgan fingerprint density at radius 2 is 2.28 bits per heavy atom. The van der Waals surface area contributed by atoms with Crippen molar-refractivity contribution in [2.24, 2.45) is 5.92 Å². The topological polar surface area (TPSA) is 32.3 Å². The number of hydrogen-bond acceptors (Lipinski definition) is 2. The summed E-state index contributed by atoms with van der Waals surface area (Å²) in [6.07, 6.45) is 2.88. The molecule has 4 heteroatoms. The minimum atomic E-state index is -0.317. The largest absolute Gasteiger partial charge is 0.393 e. The van der Waals surface area contributed by atoms with Crippen LogP contribution in [-0.4, -0.2) is 17.8 Å². The van der Waals surface area contributed by atoms with E-state index in [1.54, 1.807) is 6.07 Å². The summed E-state index contributed by atoms with van der Waals surface area (Å²) in [5, 5.41) is 13.6. The Labute approximate surface area is 112 Å². The van der Waals surface area contributed by atoms with Gasteiger partial charge in [-0.1, -0.05) is 24.1 Å². The molecule has 3 atom stereocenters. The molecular formula is C14H19ClFNO. The molecule has 2 rings (SSSR count). The van der Waals surface area contributed by atoms with Gasteiger partial charge in [-0.3, -0.25) is 0 Å². The summed E-state index contributed by atoms with van der Waals surface area (Å²) in [6, 6.07) is 4.52. The second-order valence-electron chi connectivity index (χ2n) is 5.05. The van der Waals surface area contributed by atoms with Crippen molar-refractivity contribution in [3.05, 3.63) is 34.6 Å². The average molecular weight is 272 g/mol. The summed E-state index contributed by atoms with van der Waals surface area (Å²) >= 11 is 6.02. The molecule has 0 heterocycles. The smallest absolute Gasteiger partial charge is 0.124 e. The van der Waals surface area contributed by atoms with Gasteiger partial charge >= 0.3 is 0 Å². The molecule has 0 saturated heterocycles. The number of aliphatic hydroxyl groups is 1. The Hall–Kier alpha value is -0.640. The van der Waals surface area contributed by atoms with Crippen LogP contribution in [-0.2, 0) is 0 Å². The fourth-order valence-electron chi connectivity index (χ4n) is 2.55. The summed E-state index contributed by atoms with van der Waals surface area (Å²) in [5.74, 6) is 0.00818. The van der Waals surface area contributed by atoms with E-state index in [0.717, 1.165) is 31.4 Å². The van der Waals surface area contributed by atoms with E-state index in [-0.39, 0.29) is 18.0 Å². The lowest BCUT2D eigenvalue weighted by Crippen LogP contribution is -2.29. The van der Waals surface area contributed by atoms with Gasteiger partial charge in [0, 0.05) is 17.6 Å². The van der Waals surface area contributed by atoms with E-state index in [1.165, 1.54) is 12.1 Å². The molecule has 1 aromatic rings. The van der Waals surface area contributed by atoms with Gasteiger partial charge in [-0.15, -0.1) is 0 Å². The molecule has 1 saturated carbocycles. The van der Waals surface area contributed by atoms with Crippen molar-refractivity contribution in [1.82, 2.24) is 5.32 Å². The van der Waals surface area contributed by atoms with Crippen LogP contribution in [0.1, 0.15) is 37.8 Å². The summed E-state index contributed by atoms with van der Waals surface area (Å²) in [6.45, 7) is 2.77. The molecule has 1 aliphatic rings. The molecule has 1 aromatic carbocycles. The van der Waals surface area contributed by atoms with Crippen molar-refractivity contribution in [3.63, 3.8) is 0 Å². The number of benzene rings is 1. The molecule has 2 nitrogen and oxygen atoms in total. The number of halogens is 2. The van der Waals surface area contributed by atoms with Gasteiger partial charge in [0.1, 0.15) is 5.82 Å². The summed E-state index contributed by atoms with van der Waals surface area (Å²) in [5.41, 5.74) is 0.894. The first kappa shape index (κ1) is 13.8. The van der Waals surface area contributed by atoms with Gasteiger partial charge in [0.15, 0.2) is 0 Å². The van der Waals surface area contributed by atoms with E-state index in [2.05, 4.69) is 5.32 Å². The molecule has 18 heavy (non-hydrogen) atoms. The van der Waals surface area contributed by atoms with Gasteiger partial charge in [0.05, 0.1) is 6.10 Å². The van der Waals surface area contributed by atoms with Gasteiger partial charge in [-0.05, 0) is 43.4 Å². The zero-order valence-corrected chi connectivity index (χ0v) is 11.3. The molecule has 0 spiro atoms. The van der Waals surface area contributed by atoms with Gasteiger partial charge in [-0.25, -0.2) is 4.39 Å². The molecule has 3 unspecified atom stereocenters. The van der Waals surface area contributed by atoms with Crippen LogP contribution in [0.5, 0.6) is 0 Å². The Balaban J connectivity index is 1.93. The van der Waals surface area contributed by atoms with Crippen LogP contribution in [0, 0.1) is 11.7 Å². The molecule has 0 amide bonds. The minimum Gasteiger partial charge on any atom is -0.393 e. The standard InChI is InChI=1S/C14H19ClFNO/c1-9(12-6-5-11(16)7-13(12)15)17-8-10-3-2-4-14(10)18/h5-7,9-10,14,17-18H,2-4,8H2,1H3. The molecule has 0 radical (unpaired) electrons. The van der Waals surface area contributed by atoms with Crippen LogP contribution in [0.25, 0.3) is 0 Å². The van der Waals surface area contributed by atoms with Crippen LogP contribution in [0.15, 0.2) is 18.2 Å². The van der Waals surface area contributed by atoms with Crippen LogP contribution < -0.4 is 5.32 Å². The highest BCUT2D eigenvalue weighted by atomic mass is 35.5. The highest BCUT2D eigenvalue weighted by Crippen LogP contribution is 2.27. The Morgan fingerprint density at radius 3 is 2.89 bits per heavy atom. The molecular weight excluding hydrogens is 253 g/mol. The molecule has 100 valence electrons. The Morgan fingerprint density at radius 1 is 1.50 bits per heavy atom. The third-order valence-corrected chi connectivity index (χ3v) is 4.06. The lowest BCUT2D eigenvalue weighted by molar-refractivity contribution is 0.130. The third kappa shape index (κ3) is 3.22. The van der Waals surface area contributed by atoms with Crippen LogP contribution >= 0.6 is 11.6 Å². The Bertz CT molecular complexity index is 413. The molecule has 0 aliphatic heterocycles. The summed E-state index contributed by atoms with van der Waals surface area (Å²) in [7, 11) is 0. The number of hydrogen-bond donors (Lipinski definition) is 2. The van der Waals surface area contributed by atoms with Gasteiger partial charge in [0.25, 0.3) is 0 Å². The quantitative estimate of drug-likeness (QED) is 0.881. The SMILES string of the molecule is CC(NCC1CCCC1O)c1ccc(F)cc1Cl. The maximum absolute atomic E-state index is 13.0. The van der Waals surface area contributed by atoms with Crippen molar-refractivity contribution >= 4 is 11.6 Å². The van der Waals surface area contributed by atoms with Crippen molar-refractivity contribution in [2.45, 2.75) is 38.3 Å². The van der Waals surface area contributed by atoms with E-state index in [9.17, 15) is 9.50 Å². The predicted octanol–water partition coefficient (Wildman–Crippen LogP) is 3.29. The highest BCUT2D eigenvalue weighted by molar-refractivity contribution is 6.31. The van der Waals surface area contributed by atoms with E-state index >= 15 is 0 Å². The molecule has 2 N–H and O–H groups in total. The monoisotopic (exact) mass is 271 g/mol. The van der Waals surface area contributed by atoms with Gasteiger partial charge < -0.3 is 10.4 Å². The van der Waals surface area contributed by atoms with E-state index in [0.29, 0.717) is 10.9 Å². The zero-order chi connectivity index (χ0) is 13.1. The lowest BCUT2D eigenvalue weighted by atomic mass is 10.0. The lowest BCUT2D eigenvalue weighted by Gasteiger charge is -2.20. The first-order valence-electron chi connectivity index (χ1n) is 6.44. The molecule has 1 fully saturated rings. The first-order valence-corrected chi connectivity index (χ1v) is 6.82. The molecule has 1 aliphatic carbocycles. The van der Waals surface area contributed by atoms with Gasteiger partial charge in [-0.2, -0.15) is 0 Å². The van der Waals surface area contributed by atoms with Crippen LogP contribution in [0.3, 0.4) is 0 Å². The van der Waals surface area contributed by atoms with Crippen molar-refractivity contribution in [2.75, 3.05) is 6.54 Å². The normalized spacial score (nSPS) is 25.3. The van der Waals surface area contributed by atoms with Crippen molar-refractivity contribution in [3.8, 4) is 0 Å². The van der Waals surface area contributed by atoms with E-state index in [4.69, 9.17) is 11.6 Å². The van der Waals surface area contributed by atoms with Crippen molar-refractivity contribution < 1.29 is 9.50 Å². The fraction of sp³-hybridized carbons (Fsp3) is 0.571. The fourth-order valence-corrected chi connectivity index (χ4v) is 2.88.